The lowest BCUT2D eigenvalue weighted by atomic mass is 10.1. The third-order valence-electron chi connectivity index (χ3n) is 4.04. The Kier molecular flexibility index (Phi) is 4.48. The quantitative estimate of drug-likeness (QED) is 0.771. The van der Waals surface area contributed by atoms with Gasteiger partial charge in [-0.05, 0) is 56.3 Å². The first-order valence-electron chi connectivity index (χ1n) is 7.99. The molecule has 126 valence electrons. The van der Waals surface area contributed by atoms with Crippen molar-refractivity contribution in [2.24, 2.45) is 0 Å². The van der Waals surface area contributed by atoms with Crippen molar-refractivity contribution in [3.63, 3.8) is 0 Å². The van der Waals surface area contributed by atoms with E-state index in [1.807, 2.05) is 38.1 Å². The number of anilines is 1. The largest absolute Gasteiger partial charge is 0.355 e. The van der Waals surface area contributed by atoms with Gasteiger partial charge in [0.2, 0.25) is 0 Å². The molecule has 0 aliphatic rings. The number of rotatable bonds is 3. The van der Waals surface area contributed by atoms with Crippen LogP contribution in [0.1, 0.15) is 32.0 Å². The summed E-state index contributed by atoms with van der Waals surface area (Å²) in [5.41, 5.74) is 4.37. The van der Waals surface area contributed by atoms with Crippen LogP contribution in [-0.4, -0.2) is 23.8 Å². The number of amides is 2. The molecule has 2 amide bonds. The molecule has 25 heavy (non-hydrogen) atoms. The molecule has 0 radical (unpaired) electrons. The summed E-state index contributed by atoms with van der Waals surface area (Å²) in [6.07, 6.45) is 0. The minimum absolute atomic E-state index is 0.164. The Hall–Kier alpha value is -3.21. The SMILES string of the molecule is CNC(=O)c1ccc(NC(=O)c2cc3cc(C)ccc3nc2C)cc1. The van der Waals surface area contributed by atoms with Gasteiger partial charge in [-0.2, -0.15) is 0 Å². The van der Waals surface area contributed by atoms with Crippen LogP contribution in [0.15, 0.2) is 48.5 Å². The van der Waals surface area contributed by atoms with Crippen LogP contribution in [0.4, 0.5) is 5.69 Å². The molecule has 5 heteroatoms. The second-order valence-corrected chi connectivity index (χ2v) is 5.93. The van der Waals surface area contributed by atoms with E-state index in [2.05, 4.69) is 15.6 Å². The summed E-state index contributed by atoms with van der Waals surface area (Å²) in [6, 6.07) is 14.6. The second-order valence-electron chi connectivity index (χ2n) is 5.93. The lowest BCUT2D eigenvalue weighted by molar-refractivity contribution is 0.0962. The van der Waals surface area contributed by atoms with E-state index in [0.717, 1.165) is 16.5 Å². The number of aromatic nitrogens is 1. The van der Waals surface area contributed by atoms with E-state index in [1.165, 1.54) is 0 Å². The average Bonchev–Trinajstić information content (AvgIpc) is 2.61. The maximum Gasteiger partial charge on any atom is 0.257 e. The van der Waals surface area contributed by atoms with Crippen molar-refractivity contribution in [3.8, 4) is 0 Å². The average molecular weight is 333 g/mol. The summed E-state index contributed by atoms with van der Waals surface area (Å²) in [4.78, 5) is 28.7. The number of benzene rings is 2. The van der Waals surface area contributed by atoms with Gasteiger partial charge in [-0.25, -0.2) is 0 Å². The highest BCUT2D eigenvalue weighted by molar-refractivity contribution is 6.07. The van der Waals surface area contributed by atoms with Gasteiger partial charge in [0.15, 0.2) is 0 Å². The zero-order valence-electron chi connectivity index (χ0n) is 14.4. The second kappa shape index (κ2) is 6.73. The van der Waals surface area contributed by atoms with Gasteiger partial charge in [-0.3, -0.25) is 14.6 Å². The maximum atomic E-state index is 12.6. The first kappa shape index (κ1) is 16.6. The van der Waals surface area contributed by atoms with Crippen molar-refractivity contribution < 1.29 is 9.59 Å². The Balaban J connectivity index is 1.86. The maximum absolute atomic E-state index is 12.6. The molecule has 0 unspecified atom stereocenters. The van der Waals surface area contributed by atoms with E-state index in [0.29, 0.717) is 22.5 Å². The van der Waals surface area contributed by atoms with Crippen LogP contribution in [0.25, 0.3) is 10.9 Å². The summed E-state index contributed by atoms with van der Waals surface area (Å²) in [6.45, 7) is 3.83. The number of hydrogen-bond acceptors (Lipinski definition) is 3. The highest BCUT2D eigenvalue weighted by Crippen LogP contribution is 2.19. The number of carbonyl (C=O) groups is 2. The fourth-order valence-electron chi connectivity index (χ4n) is 2.67. The predicted octanol–water partition coefficient (Wildman–Crippen LogP) is 3.46. The van der Waals surface area contributed by atoms with Gasteiger partial charge in [0.05, 0.1) is 16.8 Å². The standard InChI is InChI=1S/C20H19N3O2/c1-12-4-9-18-15(10-12)11-17(13(2)22-18)20(25)23-16-7-5-14(6-8-16)19(24)21-3/h4-11H,1-3H3,(H,21,24)(H,23,25). The molecule has 0 aliphatic heterocycles. The fourth-order valence-corrected chi connectivity index (χ4v) is 2.67. The molecular formula is C20H19N3O2. The number of pyridine rings is 1. The van der Waals surface area contributed by atoms with Crippen LogP contribution in [-0.2, 0) is 0 Å². The van der Waals surface area contributed by atoms with Crippen molar-refractivity contribution in [2.75, 3.05) is 12.4 Å². The molecule has 3 rings (SSSR count). The number of fused-ring (bicyclic) bond motifs is 1. The molecule has 0 bridgehead atoms. The van der Waals surface area contributed by atoms with Gasteiger partial charge in [0.25, 0.3) is 11.8 Å². The van der Waals surface area contributed by atoms with Gasteiger partial charge in [0, 0.05) is 23.7 Å². The normalized spacial score (nSPS) is 10.5. The monoisotopic (exact) mass is 333 g/mol. The van der Waals surface area contributed by atoms with Crippen molar-refractivity contribution in [3.05, 3.63) is 70.9 Å². The van der Waals surface area contributed by atoms with E-state index in [9.17, 15) is 9.59 Å². The molecule has 0 saturated carbocycles. The van der Waals surface area contributed by atoms with Crippen molar-refractivity contribution in [1.29, 1.82) is 0 Å². The predicted molar refractivity (Wildman–Crippen MR) is 99.0 cm³/mol. The highest BCUT2D eigenvalue weighted by Gasteiger charge is 2.12. The van der Waals surface area contributed by atoms with Crippen LogP contribution in [0.3, 0.4) is 0 Å². The Morgan fingerprint density at radius 2 is 1.64 bits per heavy atom. The van der Waals surface area contributed by atoms with Gasteiger partial charge in [-0.1, -0.05) is 11.6 Å². The molecule has 0 atom stereocenters. The molecule has 2 N–H and O–H groups in total. The van der Waals surface area contributed by atoms with Crippen LogP contribution in [0, 0.1) is 13.8 Å². The molecule has 2 aromatic carbocycles. The molecule has 0 fully saturated rings. The molecule has 0 spiro atoms. The number of aryl methyl sites for hydroxylation is 2. The number of nitrogens with zero attached hydrogens (tertiary/aromatic N) is 1. The molecule has 5 nitrogen and oxygen atoms in total. The summed E-state index contributed by atoms with van der Waals surface area (Å²) < 4.78 is 0. The Bertz CT molecular complexity index is 963. The van der Waals surface area contributed by atoms with E-state index in [1.54, 1.807) is 31.3 Å². The minimum Gasteiger partial charge on any atom is -0.355 e. The van der Waals surface area contributed by atoms with Gasteiger partial charge in [0.1, 0.15) is 0 Å². The first-order valence-corrected chi connectivity index (χ1v) is 7.99. The van der Waals surface area contributed by atoms with Crippen LogP contribution >= 0.6 is 0 Å². The zero-order valence-corrected chi connectivity index (χ0v) is 14.4. The third kappa shape index (κ3) is 3.50. The van der Waals surface area contributed by atoms with Crippen molar-refractivity contribution in [1.82, 2.24) is 10.3 Å². The summed E-state index contributed by atoms with van der Waals surface area (Å²) in [5, 5.41) is 6.35. The van der Waals surface area contributed by atoms with Crippen LogP contribution in [0.5, 0.6) is 0 Å². The van der Waals surface area contributed by atoms with E-state index < -0.39 is 0 Å². The number of nitrogens with one attached hydrogen (secondary N) is 2. The fraction of sp³-hybridized carbons (Fsp3) is 0.150. The van der Waals surface area contributed by atoms with E-state index in [4.69, 9.17) is 0 Å². The van der Waals surface area contributed by atoms with Gasteiger partial charge < -0.3 is 10.6 Å². The Morgan fingerprint density at radius 1 is 0.920 bits per heavy atom. The highest BCUT2D eigenvalue weighted by atomic mass is 16.2. The minimum atomic E-state index is -0.221. The molecule has 0 aliphatic carbocycles. The molecular weight excluding hydrogens is 314 g/mol. The molecule has 0 saturated heterocycles. The number of hydrogen-bond donors (Lipinski definition) is 2. The Morgan fingerprint density at radius 3 is 2.32 bits per heavy atom. The first-order chi connectivity index (χ1) is 12.0. The van der Waals surface area contributed by atoms with Gasteiger partial charge in [-0.15, -0.1) is 0 Å². The molecule has 3 aromatic rings. The third-order valence-corrected chi connectivity index (χ3v) is 4.04. The number of carbonyl (C=O) groups excluding carboxylic acids is 2. The smallest absolute Gasteiger partial charge is 0.257 e. The lowest BCUT2D eigenvalue weighted by Gasteiger charge is -2.10. The molecule has 1 heterocycles. The van der Waals surface area contributed by atoms with E-state index in [-0.39, 0.29) is 11.8 Å². The van der Waals surface area contributed by atoms with Crippen LogP contribution in [0.2, 0.25) is 0 Å². The molecule has 1 aromatic heterocycles. The topological polar surface area (TPSA) is 71.1 Å². The van der Waals surface area contributed by atoms with Crippen LogP contribution < -0.4 is 10.6 Å². The zero-order chi connectivity index (χ0) is 18.0. The van der Waals surface area contributed by atoms with E-state index >= 15 is 0 Å². The lowest BCUT2D eigenvalue weighted by Crippen LogP contribution is -2.18. The Labute approximate surface area is 146 Å². The summed E-state index contributed by atoms with van der Waals surface area (Å²) in [7, 11) is 1.58. The van der Waals surface area contributed by atoms with Gasteiger partial charge >= 0.3 is 0 Å². The van der Waals surface area contributed by atoms with Crippen molar-refractivity contribution in [2.45, 2.75) is 13.8 Å². The van der Waals surface area contributed by atoms with Crippen molar-refractivity contribution >= 4 is 28.4 Å². The summed E-state index contributed by atoms with van der Waals surface area (Å²) in [5.74, 6) is -0.385. The summed E-state index contributed by atoms with van der Waals surface area (Å²) >= 11 is 0.